The molecule has 1 heterocycles. The van der Waals surface area contributed by atoms with Gasteiger partial charge in [-0.2, -0.15) is 0 Å². The lowest BCUT2D eigenvalue weighted by atomic mass is 9.84. The van der Waals surface area contributed by atoms with Crippen LogP contribution in [0.5, 0.6) is 5.75 Å². The van der Waals surface area contributed by atoms with Gasteiger partial charge in [0.05, 0.1) is 20.3 Å². The first-order chi connectivity index (χ1) is 19.0. The number of methoxy groups -OCH3 is 1. The maximum absolute atomic E-state index is 13.6. The minimum Gasteiger partial charge on any atom is -0.493 e. The molecule has 1 aliphatic carbocycles. The molecule has 0 saturated heterocycles. The van der Waals surface area contributed by atoms with Crippen molar-refractivity contribution < 1.29 is 23.8 Å². The lowest BCUT2D eigenvalue weighted by Gasteiger charge is -2.27. The van der Waals surface area contributed by atoms with Gasteiger partial charge in [0.25, 0.3) is 5.91 Å². The molecular weight excluding hydrogens is 518 g/mol. The Labute approximate surface area is 236 Å². The molecule has 0 spiro atoms. The topological polar surface area (TPSA) is 97.9 Å². The second-order valence-corrected chi connectivity index (χ2v) is 10.8. The number of amides is 2. The molecule has 0 unspecified atom stereocenters. The van der Waals surface area contributed by atoms with Crippen molar-refractivity contribution in [1.82, 2.24) is 16.0 Å². The van der Waals surface area contributed by atoms with Gasteiger partial charge < -0.3 is 30.2 Å². The first kappa shape index (κ1) is 29.2. The minimum atomic E-state index is -0.518. The molecule has 2 aromatic rings. The number of alkyl carbamates (subject to hydrolysis) is 1. The van der Waals surface area contributed by atoms with Gasteiger partial charge in [-0.3, -0.25) is 4.79 Å². The second-order valence-electron chi connectivity index (χ2n) is 10.3. The Hall–Kier alpha value is -2.81. The van der Waals surface area contributed by atoms with Crippen LogP contribution in [-0.4, -0.2) is 58.5 Å². The van der Waals surface area contributed by atoms with Crippen LogP contribution in [0.4, 0.5) is 4.79 Å². The molecule has 2 amide bonds. The standard InChI is InChI=1S/C30H40ClN3O5/c1-32-19-24(15-20-7-4-3-5-8-20)34-29(35)22-17-26(25-11-13-38-27(25)18-22)28(21-9-6-10-23(31)16-21)39-14-12-33-30(36)37-2/h6,9-10,16-18,20,24,28,32H,3-5,7-8,11-15,19H2,1-2H3,(H,33,36)(H,34,35)/t24-,28-/m0/s1. The van der Waals surface area contributed by atoms with E-state index in [1.807, 2.05) is 43.4 Å². The number of hydrogen-bond donors (Lipinski definition) is 3. The SMILES string of the molecule is CNC[C@H](CC1CCCCC1)NC(=O)c1cc2c(c([C@@H](OCCNC(=O)OC)c3cccc(Cl)c3)c1)CCO2. The summed E-state index contributed by atoms with van der Waals surface area (Å²) in [5.74, 6) is 1.23. The van der Waals surface area contributed by atoms with E-state index in [4.69, 9.17) is 21.1 Å². The lowest BCUT2D eigenvalue weighted by Crippen LogP contribution is -2.42. The molecule has 212 valence electrons. The zero-order chi connectivity index (χ0) is 27.6. The summed E-state index contributed by atoms with van der Waals surface area (Å²) in [6, 6.07) is 11.3. The Morgan fingerprint density at radius 1 is 1.15 bits per heavy atom. The highest BCUT2D eigenvalue weighted by molar-refractivity contribution is 6.30. The molecule has 8 nitrogen and oxygen atoms in total. The van der Waals surface area contributed by atoms with E-state index >= 15 is 0 Å². The van der Waals surface area contributed by atoms with Crippen molar-refractivity contribution in [1.29, 1.82) is 0 Å². The number of likely N-dealkylation sites (N-methyl/N-ethyl adjacent to an activating group) is 1. The predicted molar refractivity (Wildman–Crippen MR) is 152 cm³/mol. The highest BCUT2D eigenvalue weighted by Crippen LogP contribution is 2.38. The molecule has 0 radical (unpaired) electrons. The molecule has 1 saturated carbocycles. The van der Waals surface area contributed by atoms with Crippen molar-refractivity contribution in [3.05, 3.63) is 63.7 Å². The Kier molecular flexibility index (Phi) is 10.9. The summed E-state index contributed by atoms with van der Waals surface area (Å²) >= 11 is 6.34. The molecule has 9 heteroatoms. The Bertz CT molecular complexity index is 1120. The zero-order valence-electron chi connectivity index (χ0n) is 22.9. The van der Waals surface area contributed by atoms with Gasteiger partial charge in [-0.1, -0.05) is 55.8 Å². The van der Waals surface area contributed by atoms with Gasteiger partial charge >= 0.3 is 6.09 Å². The number of carbonyl (C=O) groups is 2. The van der Waals surface area contributed by atoms with E-state index in [0.29, 0.717) is 28.9 Å². The van der Waals surface area contributed by atoms with Gasteiger partial charge in [-0.05, 0) is 54.8 Å². The summed E-state index contributed by atoms with van der Waals surface area (Å²) in [6.45, 7) is 1.78. The first-order valence-electron chi connectivity index (χ1n) is 13.9. The van der Waals surface area contributed by atoms with Crippen molar-refractivity contribution in [3.63, 3.8) is 0 Å². The van der Waals surface area contributed by atoms with Crippen molar-refractivity contribution in [2.75, 3.05) is 40.5 Å². The van der Waals surface area contributed by atoms with E-state index in [0.717, 1.165) is 36.1 Å². The van der Waals surface area contributed by atoms with Crippen LogP contribution in [0.2, 0.25) is 5.02 Å². The maximum atomic E-state index is 13.6. The number of nitrogens with one attached hydrogen (secondary N) is 3. The van der Waals surface area contributed by atoms with Crippen molar-refractivity contribution in [2.45, 2.75) is 57.1 Å². The van der Waals surface area contributed by atoms with Crippen LogP contribution in [-0.2, 0) is 15.9 Å². The number of benzene rings is 2. The summed E-state index contributed by atoms with van der Waals surface area (Å²) < 4.78 is 16.9. The highest BCUT2D eigenvalue weighted by Gasteiger charge is 2.28. The molecule has 2 aliphatic rings. The van der Waals surface area contributed by atoms with E-state index < -0.39 is 12.2 Å². The largest absolute Gasteiger partial charge is 0.493 e. The van der Waals surface area contributed by atoms with E-state index in [9.17, 15) is 9.59 Å². The van der Waals surface area contributed by atoms with Crippen LogP contribution in [0.15, 0.2) is 36.4 Å². The van der Waals surface area contributed by atoms with Gasteiger partial charge in [0.2, 0.25) is 0 Å². The molecule has 1 aliphatic heterocycles. The molecule has 0 aromatic heterocycles. The molecule has 1 fully saturated rings. The van der Waals surface area contributed by atoms with E-state index in [-0.39, 0.29) is 25.1 Å². The Morgan fingerprint density at radius 2 is 1.97 bits per heavy atom. The molecule has 4 rings (SSSR count). The van der Waals surface area contributed by atoms with Crippen molar-refractivity contribution in [2.24, 2.45) is 5.92 Å². The predicted octanol–water partition coefficient (Wildman–Crippen LogP) is 5.03. The first-order valence-corrected chi connectivity index (χ1v) is 14.3. The van der Waals surface area contributed by atoms with Crippen LogP contribution >= 0.6 is 11.6 Å². The average Bonchev–Trinajstić information content (AvgIpc) is 3.42. The Morgan fingerprint density at radius 3 is 2.72 bits per heavy atom. The van der Waals surface area contributed by atoms with Crippen LogP contribution in [0.25, 0.3) is 0 Å². The third kappa shape index (κ3) is 8.10. The van der Waals surface area contributed by atoms with Gasteiger partial charge in [0.15, 0.2) is 0 Å². The van der Waals surface area contributed by atoms with Gasteiger partial charge in [0, 0.05) is 41.7 Å². The summed E-state index contributed by atoms with van der Waals surface area (Å²) in [5.41, 5.74) is 3.29. The van der Waals surface area contributed by atoms with E-state index in [1.165, 1.54) is 39.2 Å². The van der Waals surface area contributed by atoms with Gasteiger partial charge in [-0.25, -0.2) is 4.79 Å². The minimum absolute atomic E-state index is 0.0487. The van der Waals surface area contributed by atoms with Crippen molar-refractivity contribution >= 4 is 23.6 Å². The lowest BCUT2D eigenvalue weighted by molar-refractivity contribution is 0.0799. The molecule has 0 bridgehead atoms. The smallest absolute Gasteiger partial charge is 0.406 e. The molecule has 3 N–H and O–H groups in total. The van der Waals surface area contributed by atoms with E-state index in [2.05, 4.69) is 20.7 Å². The summed E-state index contributed by atoms with van der Waals surface area (Å²) in [5, 5.41) is 9.76. The quantitative estimate of drug-likeness (QED) is 0.317. The van der Waals surface area contributed by atoms with E-state index in [1.54, 1.807) is 0 Å². The Balaban J connectivity index is 1.59. The highest BCUT2D eigenvalue weighted by atomic mass is 35.5. The monoisotopic (exact) mass is 557 g/mol. The van der Waals surface area contributed by atoms with Gasteiger partial charge in [-0.15, -0.1) is 0 Å². The number of carbonyl (C=O) groups excluding carboxylic acids is 2. The third-order valence-corrected chi connectivity index (χ3v) is 7.75. The fourth-order valence-electron chi connectivity index (χ4n) is 5.66. The van der Waals surface area contributed by atoms with Crippen LogP contribution < -0.4 is 20.7 Å². The summed E-state index contributed by atoms with van der Waals surface area (Å²) in [4.78, 5) is 25.1. The fraction of sp³-hybridized carbons (Fsp3) is 0.533. The molecule has 39 heavy (non-hydrogen) atoms. The summed E-state index contributed by atoms with van der Waals surface area (Å²) in [6.07, 6.45) is 7.00. The van der Waals surface area contributed by atoms with Crippen LogP contribution in [0.3, 0.4) is 0 Å². The molecule has 2 atom stereocenters. The third-order valence-electron chi connectivity index (χ3n) is 7.52. The number of rotatable bonds is 12. The average molecular weight is 558 g/mol. The normalized spacial score (nSPS) is 16.6. The second kappa shape index (κ2) is 14.5. The zero-order valence-corrected chi connectivity index (χ0v) is 23.6. The molecular formula is C30H40ClN3O5. The van der Waals surface area contributed by atoms with Gasteiger partial charge in [0.1, 0.15) is 11.9 Å². The number of ether oxygens (including phenoxy) is 3. The summed E-state index contributed by atoms with van der Waals surface area (Å²) in [7, 11) is 3.24. The molecule has 2 aromatic carbocycles. The number of fused-ring (bicyclic) bond motifs is 1. The fourth-order valence-corrected chi connectivity index (χ4v) is 5.86. The van der Waals surface area contributed by atoms with Crippen LogP contribution in [0.1, 0.15) is 71.7 Å². The number of halogens is 1. The number of hydrogen-bond acceptors (Lipinski definition) is 6. The van der Waals surface area contributed by atoms with Crippen LogP contribution in [0, 0.1) is 5.92 Å². The van der Waals surface area contributed by atoms with Crippen molar-refractivity contribution in [3.8, 4) is 5.75 Å². The maximum Gasteiger partial charge on any atom is 0.406 e.